The van der Waals surface area contributed by atoms with E-state index in [0.717, 1.165) is 16.8 Å². The minimum absolute atomic E-state index is 0.373. The first-order chi connectivity index (χ1) is 16.0. The molecule has 35 heavy (non-hydrogen) atoms. The molecule has 1 aromatic heterocycles. The van der Waals surface area contributed by atoms with Crippen molar-refractivity contribution < 1.29 is 72.8 Å². The number of H-pyrrole nitrogens is 1. The molecule has 2 heterocycles. The van der Waals surface area contributed by atoms with Crippen LogP contribution in [0.1, 0.15) is 6.23 Å². The third kappa shape index (κ3) is 9.71. The summed E-state index contributed by atoms with van der Waals surface area (Å²) in [5.74, 6) is 0. The molecule has 0 aliphatic carbocycles. The van der Waals surface area contributed by atoms with Crippen molar-refractivity contribution in [3.63, 3.8) is 0 Å². The van der Waals surface area contributed by atoms with Gasteiger partial charge < -0.3 is 72.8 Å². The Morgan fingerprint density at radius 2 is 1.69 bits per heavy atom. The zero-order valence-electron chi connectivity index (χ0n) is 17.2. The molecule has 1 aliphatic heterocycles. The average Bonchev–Trinajstić information content (AvgIpc) is 3.03. The van der Waals surface area contributed by atoms with Crippen LogP contribution in [0.3, 0.4) is 0 Å². The van der Waals surface area contributed by atoms with Crippen molar-refractivity contribution in [3.05, 3.63) is 33.1 Å². The molecule has 202 valence electrons. The number of hydrogen-bond donors (Lipinski definition) is 6. The Morgan fingerprint density at radius 3 is 2.09 bits per heavy atom. The molecule has 0 aromatic carbocycles. The molecule has 1 aromatic rings. The highest BCUT2D eigenvalue weighted by Gasteiger charge is 2.43. The van der Waals surface area contributed by atoms with Gasteiger partial charge in [-0.1, -0.05) is 0 Å². The third-order valence-electron chi connectivity index (χ3n) is 4.17. The summed E-state index contributed by atoms with van der Waals surface area (Å²) in [5, 5.41) is 45.7. The summed E-state index contributed by atoms with van der Waals surface area (Å²) in [5.41, 5.74) is -1.33. The maximum Gasteiger partial charge on any atom is 0.330 e. The molecule has 6 N–H and O–H groups in total. The molecular formula is C14H20N2O17P2-4. The SMILES string of the molecule is O=C[C@H](OP(=O)([O-])[O-])[C@@H](OP(=O)([O-])[O-])[C@H](O)CO.O=c1ccn([C@@H]2O[C@H](CO)[C@@H](O)[C@H]2O)c(=O)[nH]1. The fourth-order valence-electron chi connectivity index (χ4n) is 2.65. The van der Waals surface area contributed by atoms with Gasteiger partial charge in [-0.15, -0.1) is 0 Å². The Kier molecular flexibility index (Phi) is 11.7. The Labute approximate surface area is 194 Å². The molecule has 0 radical (unpaired) electrons. The van der Waals surface area contributed by atoms with Crippen LogP contribution in [0.25, 0.3) is 0 Å². The van der Waals surface area contributed by atoms with Gasteiger partial charge in [0.2, 0.25) is 0 Å². The number of aromatic amines is 1. The van der Waals surface area contributed by atoms with Crippen molar-refractivity contribution in [2.75, 3.05) is 13.2 Å². The summed E-state index contributed by atoms with van der Waals surface area (Å²) in [7, 11) is -11.4. The lowest BCUT2D eigenvalue weighted by atomic mass is 10.1. The number of aliphatic hydroxyl groups excluding tert-OH is 5. The summed E-state index contributed by atoms with van der Waals surface area (Å²) in [6.45, 7) is -1.66. The van der Waals surface area contributed by atoms with Crippen LogP contribution in [0.2, 0.25) is 0 Å². The van der Waals surface area contributed by atoms with E-state index in [9.17, 15) is 53.3 Å². The van der Waals surface area contributed by atoms with Gasteiger partial charge in [-0.05, 0) is 0 Å². The van der Waals surface area contributed by atoms with Gasteiger partial charge in [-0.3, -0.25) is 14.3 Å². The Balaban J connectivity index is 0.000000350. The van der Waals surface area contributed by atoms with Crippen LogP contribution in [-0.4, -0.2) is 91.2 Å². The van der Waals surface area contributed by atoms with Crippen molar-refractivity contribution in [3.8, 4) is 0 Å². The highest BCUT2D eigenvalue weighted by Crippen LogP contribution is 2.34. The Morgan fingerprint density at radius 1 is 1.11 bits per heavy atom. The number of carbonyl (C=O) groups is 1. The standard InChI is InChI=1S/C9H12N2O6.C5H12O11P2/c12-3-4-6(14)7(15)8(17-4)11-2-1-5(13)10-9(11)16;6-1-3(8)5(16-18(12,13)14)4(2-7)15-17(9,10)11/h1-2,4,6-8,12,14-15H,3H2,(H,10,13,16);2-6,8H,1H2,(H2,9,10,11)(H2,12,13,14)/p-4/t4-,6-,7-,8-;3-,4+,5+/m11/s1. The summed E-state index contributed by atoms with van der Waals surface area (Å²) >= 11 is 0. The second-order valence-corrected chi connectivity index (χ2v) is 8.88. The van der Waals surface area contributed by atoms with Crippen LogP contribution < -0.4 is 30.8 Å². The summed E-state index contributed by atoms with van der Waals surface area (Å²) < 4.78 is 33.9. The van der Waals surface area contributed by atoms with E-state index in [2.05, 4.69) is 9.05 Å². The summed E-state index contributed by atoms with van der Waals surface area (Å²) in [4.78, 5) is 75.9. The number of carbonyl (C=O) groups excluding carboxylic acids is 1. The van der Waals surface area contributed by atoms with Gasteiger partial charge in [-0.2, -0.15) is 0 Å². The topological polar surface area (TPSA) is 327 Å². The van der Waals surface area contributed by atoms with Crippen molar-refractivity contribution in [2.45, 2.75) is 42.9 Å². The first kappa shape index (κ1) is 31.4. The van der Waals surface area contributed by atoms with E-state index >= 15 is 0 Å². The number of aromatic nitrogens is 2. The van der Waals surface area contributed by atoms with Crippen LogP contribution in [0.4, 0.5) is 0 Å². The van der Waals surface area contributed by atoms with E-state index in [4.69, 9.17) is 20.1 Å². The largest absolute Gasteiger partial charge is 0.790 e. The highest BCUT2D eigenvalue weighted by atomic mass is 31.2. The fourth-order valence-corrected chi connectivity index (χ4v) is 3.68. The van der Waals surface area contributed by atoms with E-state index in [-0.39, 0.29) is 6.29 Å². The predicted octanol–water partition coefficient (Wildman–Crippen LogP) is -7.89. The zero-order chi connectivity index (χ0) is 27.1. The number of phosphoric ester groups is 2. The number of phosphoric acid groups is 2. The zero-order valence-corrected chi connectivity index (χ0v) is 19.0. The minimum Gasteiger partial charge on any atom is -0.790 e. The van der Waals surface area contributed by atoms with Crippen LogP contribution in [0.5, 0.6) is 0 Å². The monoisotopic (exact) mass is 550 g/mol. The fraction of sp³-hybridized carbons (Fsp3) is 0.643. The molecule has 2 rings (SSSR count). The van der Waals surface area contributed by atoms with E-state index in [0.29, 0.717) is 0 Å². The van der Waals surface area contributed by atoms with Gasteiger partial charge in [0.15, 0.2) is 12.5 Å². The lowest BCUT2D eigenvalue weighted by molar-refractivity contribution is -0.356. The first-order valence-electron chi connectivity index (χ1n) is 9.13. The van der Waals surface area contributed by atoms with Gasteiger partial charge >= 0.3 is 5.69 Å². The second kappa shape index (κ2) is 13.0. The van der Waals surface area contributed by atoms with Gasteiger partial charge in [0.05, 0.1) is 28.9 Å². The first-order valence-corrected chi connectivity index (χ1v) is 12.1. The van der Waals surface area contributed by atoms with Crippen LogP contribution in [-0.2, 0) is 27.7 Å². The lowest BCUT2D eigenvalue weighted by Crippen LogP contribution is -2.45. The lowest BCUT2D eigenvalue weighted by Gasteiger charge is -2.40. The van der Waals surface area contributed by atoms with Crippen LogP contribution in [0.15, 0.2) is 21.9 Å². The maximum absolute atomic E-state index is 11.4. The molecular weight excluding hydrogens is 530 g/mol. The number of aliphatic hydroxyl groups is 5. The number of rotatable bonds is 10. The third-order valence-corrected chi connectivity index (χ3v) is 5.17. The highest BCUT2D eigenvalue weighted by molar-refractivity contribution is 7.43. The molecule has 0 amide bonds. The van der Waals surface area contributed by atoms with Crippen LogP contribution in [0, 0.1) is 0 Å². The van der Waals surface area contributed by atoms with E-state index < -0.39 is 83.0 Å². The molecule has 1 fully saturated rings. The molecule has 1 aliphatic rings. The molecule has 0 saturated carbocycles. The van der Waals surface area contributed by atoms with E-state index in [1.807, 2.05) is 4.98 Å². The molecule has 1 saturated heterocycles. The number of aldehydes is 1. The molecule has 21 heteroatoms. The van der Waals surface area contributed by atoms with Gasteiger partial charge in [-0.25, -0.2) is 4.79 Å². The van der Waals surface area contributed by atoms with Crippen molar-refractivity contribution in [2.24, 2.45) is 0 Å². The summed E-state index contributed by atoms with van der Waals surface area (Å²) in [6, 6.07) is 1.09. The quantitative estimate of drug-likeness (QED) is 0.116. The van der Waals surface area contributed by atoms with E-state index in [1.54, 1.807) is 0 Å². The van der Waals surface area contributed by atoms with Gasteiger partial charge in [0.1, 0.15) is 36.6 Å². The summed E-state index contributed by atoms with van der Waals surface area (Å²) in [6.07, 6.45) is -10.8. The molecule has 0 spiro atoms. The smallest absolute Gasteiger partial charge is 0.330 e. The van der Waals surface area contributed by atoms with E-state index in [1.165, 1.54) is 0 Å². The normalized spacial score (nSPS) is 25.3. The predicted molar refractivity (Wildman–Crippen MR) is 98.4 cm³/mol. The minimum atomic E-state index is -5.73. The Bertz CT molecular complexity index is 1030. The molecule has 19 nitrogen and oxygen atoms in total. The van der Waals surface area contributed by atoms with Gasteiger partial charge in [0.25, 0.3) is 5.56 Å². The average molecular weight is 550 g/mol. The van der Waals surface area contributed by atoms with Crippen LogP contribution >= 0.6 is 15.6 Å². The Hall–Kier alpha value is -1.67. The molecule has 0 bridgehead atoms. The molecule has 7 atom stereocenters. The number of hydrogen-bond acceptors (Lipinski definition) is 17. The van der Waals surface area contributed by atoms with Crippen molar-refractivity contribution in [1.29, 1.82) is 0 Å². The molecule has 0 unspecified atom stereocenters. The van der Waals surface area contributed by atoms with Gasteiger partial charge in [0, 0.05) is 12.3 Å². The number of nitrogens with one attached hydrogen (secondary N) is 1. The number of nitrogens with zero attached hydrogens (tertiary/aromatic N) is 1. The van der Waals surface area contributed by atoms with Crippen molar-refractivity contribution in [1.82, 2.24) is 9.55 Å². The second-order valence-electron chi connectivity index (χ2n) is 6.67. The van der Waals surface area contributed by atoms with Crippen molar-refractivity contribution >= 4 is 21.9 Å². The number of ether oxygens (including phenoxy) is 1. The maximum atomic E-state index is 11.4.